The Hall–Kier alpha value is -2.26. The van der Waals surface area contributed by atoms with E-state index in [2.05, 4.69) is 62.7 Å². The number of thiazole rings is 1. The Balaban J connectivity index is 0. The fourth-order valence-corrected chi connectivity index (χ4v) is 5.42. The van der Waals surface area contributed by atoms with Crippen LogP contribution in [0.4, 0.5) is 0 Å². The van der Waals surface area contributed by atoms with Gasteiger partial charge in [-0.3, -0.25) is 4.79 Å². The number of hydrogen-bond acceptors (Lipinski definition) is 3. The topological polar surface area (TPSA) is 49.8 Å². The summed E-state index contributed by atoms with van der Waals surface area (Å²) >= 11 is 1.92. The zero-order chi connectivity index (χ0) is 26.0. The molecule has 1 aromatic heterocycles. The van der Waals surface area contributed by atoms with Gasteiger partial charge in [0.25, 0.3) is 0 Å². The Morgan fingerprint density at radius 1 is 0.941 bits per heavy atom. The molecule has 190 valence electrons. The van der Waals surface area contributed by atoms with Crippen molar-refractivity contribution in [2.24, 2.45) is 0 Å². The highest BCUT2D eigenvalue weighted by molar-refractivity contribution is 7.11. The van der Waals surface area contributed by atoms with Crippen molar-refractivity contribution in [1.82, 2.24) is 9.88 Å². The molecule has 3 fully saturated rings. The van der Waals surface area contributed by atoms with Crippen molar-refractivity contribution < 1.29 is 10.1 Å². The third-order valence-electron chi connectivity index (χ3n) is 5.90. The van der Waals surface area contributed by atoms with Gasteiger partial charge in [-0.25, -0.2) is 4.98 Å². The average Bonchev–Trinajstić information content (AvgIpc) is 3.60. The lowest BCUT2D eigenvalue weighted by Gasteiger charge is -2.21. The van der Waals surface area contributed by atoms with Gasteiger partial charge in [0.05, 0.1) is 23.8 Å². The van der Waals surface area contributed by atoms with Crippen LogP contribution >= 0.6 is 11.3 Å². The van der Waals surface area contributed by atoms with Gasteiger partial charge in [-0.15, -0.1) is 49.9 Å². The van der Waals surface area contributed by atoms with Crippen LogP contribution in [0.3, 0.4) is 0 Å². The molecule has 2 aliphatic heterocycles. The number of piperidine rings is 1. The van der Waals surface area contributed by atoms with Crippen LogP contribution < -0.4 is 5.32 Å². The molecule has 1 aromatic rings. The fraction of sp³-hybridized carbons (Fsp3) is 0.655. The van der Waals surface area contributed by atoms with Crippen LogP contribution in [-0.4, -0.2) is 42.5 Å². The molecule has 4 rings (SSSR count). The standard InChI is InChI=1S/C11H18N2S.C6H11NO.C6H12.3C2H2/c1-3-4-10-11(14-8(2)13-10)9-5-6-12-7-9;8-6-7-4-2-1-3-5-7;1-2-4-6-5-3-1;3*1-2/h9,12H,3-7H2,1-2H3;6H,1-5H2;1-6H2;3*1-2H/p+1/t9-;;;;;/m0...../s1. The number of nitrogens with two attached hydrogens (primary N) is 1. The van der Waals surface area contributed by atoms with Crippen molar-refractivity contribution in [2.45, 2.75) is 96.8 Å². The first-order valence-corrected chi connectivity index (χ1v) is 13.5. The minimum Gasteiger partial charge on any atom is -0.346 e. The number of likely N-dealkylation sites (tertiary alicyclic amines) is 1. The number of rotatable bonds is 4. The Kier molecular flexibility index (Phi) is 25.3. The second-order valence-electron chi connectivity index (χ2n) is 8.42. The number of terminal acetylenes is 3. The van der Waals surface area contributed by atoms with Gasteiger partial charge in [0, 0.05) is 30.3 Å². The first kappa shape index (κ1) is 33.9. The van der Waals surface area contributed by atoms with Crippen molar-refractivity contribution in [3.05, 3.63) is 15.6 Å². The molecule has 0 spiro atoms. The molecule has 0 bridgehead atoms. The molecule has 0 aromatic carbocycles. The van der Waals surface area contributed by atoms with Crippen molar-refractivity contribution in [2.75, 3.05) is 26.2 Å². The molecule has 1 amide bonds. The predicted octanol–water partition coefficient (Wildman–Crippen LogP) is 5.17. The van der Waals surface area contributed by atoms with Gasteiger partial charge in [0.1, 0.15) is 0 Å². The molecule has 34 heavy (non-hydrogen) atoms. The quantitative estimate of drug-likeness (QED) is 0.471. The zero-order valence-corrected chi connectivity index (χ0v) is 22.5. The van der Waals surface area contributed by atoms with Gasteiger partial charge in [-0.2, -0.15) is 0 Å². The molecule has 2 N–H and O–H groups in total. The third-order valence-corrected chi connectivity index (χ3v) is 7.08. The number of quaternary nitrogens is 1. The predicted molar refractivity (Wildman–Crippen MR) is 149 cm³/mol. The lowest BCUT2D eigenvalue weighted by molar-refractivity contribution is -0.636. The molecule has 2 saturated heterocycles. The summed E-state index contributed by atoms with van der Waals surface area (Å²) in [7, 11) is 0. The van der Waals surface area contributed by atoms with Gasteiger partial charge < -0.3 is 10.2 Å². The molecule has 3 aliphatic rings. The highest BCUT2D eigenvalue weighted by atomic mass is 32.1. The summed E-state index contributed by atoms with van der Waals surface area (Å²) in [6, 6.07) is 0. The lowest BCUT2D eigenvalue weighted by Crippen LogP contribution is -2.81. The second-order valence-corrected chi connectivity index (χ2v) is 9.65. The fourth-order valence-electron chi connectivity index (χ4n) is 4.30. The van der Waals surface area contributed by atoms with Crippen LogP contribution in [-0.2, 0) is 11.2 Å². The molecule has 5 heteroatoms. The second kappa shape index (κ2) is 25.4. The van der Waals surface area contributed by atoms with Crippen molar-refractivity contribution in [3.8, 4) is 38.5 Å². The molecule has 1 aliphatic carbocycles. The first-order valence-electron chi connectivity index (χ1n) is 12.7. The van der Waals surface area contributed by atoms with E-state index in [1.54, 1.807) is 4.88 Å². The van der Waals surface area contributed by atoms with Crippen molar-refractivity contribution in [3.63, 3.8) is 0 Å². The van der Waals surface area contributed by atoms with Gasteiger partial charge >= 0.3 is 0 Å². The number of aryl methyl sites for hydroxylation is 2. The van der Waals surface area contributed by atoms with E-state index >= 15 is 0 Å². The molecular weight excluding hydrogens is 438 g/mol. The molecule has 1 atom stereocenters. The highest BCUT2D eigenvalue weighted by Crippen LogP contribution is 2.30. The number of nitrogens with zero attached hydrogens (tertiary/aromatic N) is 2. The Labute approximate surface area is 214 Å². The maximum Gasteiger partial charge on any atom is 0.209 e. The van der Waals surface area contributed by atoms with E-state index in [9.17, 15) is 4.79 Å². The first-order chi connectivity index (χ1) is 16.7. The summed E-state index contributed by atoms with van der Waals surface area (Å²) in [6.07, 6.45) is 41.3. The van der Waals surface area contributed by atoms with Gasteiger partial charge in [-0.1, -0.05) is 51.9 Å². The molecule has 3 heterocycles. The van der Waals surface area contributed by atoms with Crippen LogP contribution in [0.15, 0.2) is 0 Å². The van der Waals surface area contributed by atoms with Crippen LogP contribution in [0.1, 0.15) is 99.0 Å². The van der Waals surface area contributed by atoms with Gasteiger partial charge in [0.15, 0.2) is 0 Å². The van der Waals surface area contributed by atoms with Crippen LogP contribution in [0.25, 0.3) is 0 Å². The number of amides is 1. The van der Waals surface area contributed by atoms with Crippen molar-refractivity contribution >= 4 is 17.7 Å². The minimum absolute atomic E-state index is 0.794. The molecule has 0 unspecified atom stereocenters. The van der Waals surface area contributed by atoms with E-state index in [0.29, 0.717) is 0 Å². The summed E-state index contributed by atoms with van der Waals surface area (Å²) in [4.78, 5) is 18.2. The Morgan fingerprint density at radius 3 is 1.82 bits per heavy atom. The van der Waals surface area contributed by atoms with Crippen molar-refractivity contribution in [1.29, 1.82) is 0 Å². The molecule has 4 nitrogen and oxygen atoms in total. The normalized spacial score (nSPS) is 18.2. The largest absolute Gasteiger partial charge is 0.346 e. The van der Waals surface area contributed by atoms with Crippen LogP contribution in [0, 0.1) is 45.5 Å². The average molecular weight is 487 g/mol. The van der Waals surface area contributed by atoms with Gasteiger partial charge in [-0.05, 0) is 32.6 Å². The van der Waals surface area contributed by atoms with E-state index < -0.39 is 0 Å². The molecule has 1 saturated carbocycles. The van der Waals surface area contributed by atoms with E-state index in [0.717, 1.165) is 31.8 Å². The molecular formula is C29H48N3OS+. The number of carbonyl (C=O) groups excluding carboxylic acids is 1. The van der Waals surface area contributed by atoms with E-state index in [1.807, 2.05) is 16.2 Å². The lowest BCUT2D eigenvalue weighted by atomic mass is 10.0. The summed E-state index contributed by atoms with van der Waals surface area (Å²) < 4.78 is 0. The van der Waals surface area contributed by atoms with Crippen LogP contribution in [0.2, 0.25) is 0 Å². The summed E-state index contributed by atoms with van der Waals surface area (Å²) in [5, 5.41) is 3.67. The third kappa shape index (κ3) is 15.6. The summed E-state index contributed by atoms with van der Waals surface area (Å²) in [5.41, 5.74) is 1.38. The summed E-state index contributed by atoms with van der Waals surface area (Å²) in [6.45, 7) is 8.89. The van der Waals surface area contributed by atoms with E-state index in [-0.39, 0.29) is 0 Å². The Morgan fingerprint density at radius 2 is 1.44 bits per heavy atom. The maximum atomic E-state index is 10.1. The minimum atomic E-state index is 0.794. The zero-order valence-electron chi connectivity index (χ0n) is 21.7. The molecule has 0 radical (unpaired) electrons. The number of carbonyl (C=O) groups is 1. The van der Waals surface area contributed by atoms with Crippen LogP contribution in [0.5, 0.6) is 0 Å². The maximum absolute atomic E-state index is 10.1. The number of aromatic nitrogens is 1. The highest BCUT2D eigenvalue weighted by Gasteiger charge is 2.24. The van der Waals surface area contributed by atoms with E-state index in [1.165, 1.54) is 94.4 Å². The smallest absolute Gasteiger partial charge is 0.209 e. The monoisotopic (exact) mass is 486 g/mol. The Bertz CT molecular complexity index is 620. The SMILES string of the molecule is C#C.C#C.C#C.C1CCCCC1.CCCc1nc(C)sc1[C@H]1CC[NH2+]C1.O=CN1CCCCC1. The number of hydrogen-bond donors (Lipinski definition) is 1. The van der Waals surface area contributed by atoms with E-state index in [4.69, 9.17) is 0 Å². The van der Waals surface area contributed by atoms with Gasteiger partial charge in [0.2, 0.25) is 6.41 Å². The summed E-state index contributed by atoms with van der Waals surface area (Å²) in [5.74, 6) is 0.794.